The van der Waals surface area contributed by atoms with E-state index in [0.717, 1.165) is 69.8 Å². The van der Waals surface area contributed by atoms with Gasteiger partial charge in [0.1, 0.15) is 16.0 Å². The van der Waals surface area contributed by atoms with E-state index in [1.807, 2.05) is 61.5 Å². The van der Waals surface area contributed by atoms with E-state index in [9.17, 15) is 63.4 Å². The van der Waals surface area contributed by atoms with Crippen molar-refractivity contribution in [3.8, 4) is 0 Å². The van der Waals surface area contributed by atoms with Crippen LogP contribution in [0.25, 0.3) is 20.2 Å². The predicted molar refractivity (Wildman–Crippen MR) is 408 cm³/mol. The van der Waals surface area contributed by atoms with Crippen LogP contribution in [-0.2, 0) is 30.2 Å². The number of hydrogen-bond donors (Lipinski definition) is 5. The summed E-state index contributed by atoms with van der Waals surface area (Å²) in [6.07, 6.45) is 0.431. The number of thiophene rings is 2. The number of nitrogen functional groups attached to an aromatic ring is 1. The van der Waals surface area contributed by atoms with Crippen molar-refractivity contribution in [2.75, 3.05) is 43.0 Å². The van der Waals surface area contributed by atoms with E-state index in [-0.39, 0.29) is 89.4 Å². The van der Waals surface area contributed by atoms with Gasteiger partial charge < -0.3 is 46.5 Å². The molecule has 0 aliphatic heterocycles. The van der Waals surface area contributed by atoms with Crippen LogP contribution in [-0.4, -0.2) is 101 Å². The Morgan fingerprint density at radius 1 is 0.500 bits per heavy atom. The average Bonchev–Trinajstić information content (AvgIpc) is 1.72. The van der Waals surface area contributed by atoms with Gasteiger partial charge in [0.05, 0.1) is 57.2 Å². The maximum absolute atomic E-state index is 13.0. The molecule has 0 spiro atoms. The van der Waals surface area contributed by atoms with Crippen LogP contribution in [0.15, 0.2) is 194 Å². The van der Waals surface area contributed by atoms with Gasteiger partial charge in [-0.25, -0.2) is 19.2 Å². The van der Waals surface area contributed by atoms with E-state index in [1.54, 1.807) is 84.9 Å². The van der Waals surface area contributed by atoms with E-state index in [1.165, 1.54) is 60.1 Å². The topological polar surface area (TPSA) is 414 Å². The average molecular weight is 1620 g/mol. The summed E-state index contributed by atoms with van der Waals surface area (Å²) in [5.74, 6) is -4.76. The van der Waals surface area contributed by atoms with E-state index < -0.39 is 56.2 Å². The number of carboxylic acids is 1. The molecule has 2 aromatic heterocycles. The minimum atomic E-state index is -1.31. The van der Waals surface area contributed by atoms with Gasteiger partial charge in [-0.15, -0.1) is 22.7 Å². The van der Waals surface area contributed by atoms with Crippen LogP contribution in [0.4, 0.5) is 34.1 Å². The third-order valence-electron chi connectivity index (χ3n) is 14.2. The fourth-order valence-electron chi connectivity index (χ4n) is 9.00. The first kappa shape index (κ1) is 89.2. The van der Waals surface area contributed by atoms with E-state index in [0.29, 0.717) is 63.1 Å². The molecule has 7 N–H and O–H groups in total. The van der Waals surface area contributed by atoms with Gasteiger partial charge >= 0.3 is 48.9 Å². The molecule has 0 bridgehead atoms. The molecule has 0 fully saturated rings. The number of amides is 3. The number of hydrogen-bond acceptors (Lipinski definition) is 22. The molecule has 0 saturated carbocycles. The van der Waals surface area contributed by atoms with Crippen LogP contribution >= 0.6 is 92.3 Å². The quantitative estimate of drug-likeness (QED) is 0.00876. The van der Waals surface area contributed by atoms with Crippen molar-refractivity contribution in [1.29, 1.82) is 0 Å². The van der Waals surface area contributed by atoms with Crippen molar-refractivity contribution < 1.29 is 108 Å². The van der Waals surface area contributed by atoms with E-state index in [4.69, 9.17) is 90.0 Å². The van der Waals surface area contributed by atoms with Crippen LogP contribution in [0.5, 0.6) is 0 Å². The minimum Gasteiger partial charge on any atom is -0.870 e. The summed E-state index contributed by atoms with van der Waals surface area (Å²) >= 11 is 37.9. The monoisotopic (exact) mass is 1620 g/mol. The summed E-state index contributed by atoms with van der Waals surface area (Å²) in [5, 5.41) is 42.4. The summed E-state index contributed by atoms with van der Waals surface area (Å²) in [4.78, 5) is 143. The molecule has 26 nitrogen and oxygen atoms in total. The van der Waals surface area contributed by atoms with E-state index >= 15 is 0 Å². The predicted octanol–water partition coefficient (Wildman–Crippen LogP) is 14.9. The Kier molecular flexibility index (Phi) is 35.4. The molecule has 9 aromatic carbocycles. The Morgan fingerprint density at radius 3 is 1.20 bits per heavy atom. The Bertz CT molecular complexity index is 5230. The van der Waals surface area contributed by atoms with Crippen LogP contribution in [0, 0.1) is 27.2 Å². The number of rotatable bonds is 16. The molecule has 0 radical (unpaired) electrons. The number of nitrogens with one attached hydrogen (secondary N) is 3. The summed E-state index contributed by atoms with van der Waals surface area (Å²) in [5.41, 5.74) is 8.67. The number of aromatic carboxylic acids is 1. The maximum Gasteiger partial charge on any atom is 1.00 e. The van der Waals surface area contributed by atoms with E-state index in [2.05, 4.69) is 30.2 Å². The summed E-state index contributed by atoms with van der Waals surface area (Å²) in [6, 6.07) is 51.5. The normalized spacial score (nSPS) is 9.87. The number of methoxy groups -OCH3 is 3. The SMILES string of the molecule is COC(=O)c1ccc(C(=O)Nc2ccc(Cl)cc2)cc1N.COC(=O)c1ccc(C(=O)Nc2ccc(Cl)cc2)cc1[N+](=O)[O-].COC(=O)c1ccc(C(=O)O)cc1[N+](=O)[O-].Cc1ccc(C(=O)Nc2ccc(Cl)cc2)cc1CC(=O)c1sc2ccccc2c1Cl.O=C(Cl)c1sc2ccccc2c1Cl.O=C=O.[HH].[Li+].[OH-]. The number of ketones is 1. The zero-order valence-corrected chi connectivity index (χ0v) is 62.6. The van der Waals surface area contributed by atoms with Crippen molar-refractivity contribution in [1.82, 2.24) is 0 Å². The molecule has 2 heterocycles. The number of carboxylic acid groups (broad SMARTS) is 1. The first-order valence-corrected chi connectivity index (χ1v) is 33.7. The number of nitrogens with two attached hydrogens (primary N) is 1. The molecular formula is C73H55Cl6LiN6O20S2. The number of carbonyl (C=O) groups is 9. The summed E-state index contributed by atoms with van der Waals surface area (Å²) in [7, 11) is 3.47. The molecule has 11 rings (SSSR count). The number of nitrogens with zero attached hydrogens (tertiary/aromatic N) is 2. The largest absolute Gasteiger partial charge is 1.00 e. The molecule has 108 heavy (non-hydrogen) atoms. The molecule has 35 heteroatoms. The standard InChI is InChI=1S/C24H17Cl2NO2S.C15H11ClN2O5.C15H13ClN2O3.C9H4Cl2OS.C9H7NO6.CO2.Li.H2O.H2/c1-14-6-7-15(24(29)27-18-10-8-17(25)9-11-18)12-16(14)13-20(28)23-22(26)19-4-2-3-5-21(19)30-23;1-23-15(20)12-7-2-9(8-13(12)18(21)22)14(19)17-11-5-3-10(16)4-6-11;1-21-15(20)12-7-2-9(8-13(12)17)14(19)18-11-5-3-10(16)4-6-11;10-7-5-3-1-2-4-6(5)13-8(7)9(11)12;1-16-9(13)6-3-2-5(8(11)12)4-7(6)10(14)15;2-1-3;;;/h2-12H,13H2,1H3,(H,27,29);2-8H,1H3,(H,17,19);2-8H,17H2,1H3,(H,18,19);1-4H;2-4H,1H3,(H,11,12);;;1H2;1H/q;;;;;;+1;;/p-1. The molecule has 0 unspecified atom stereocenters. The van der Waals surface area contributed by atoms with Gasteiger partial charge in [0, 0.05) is 94.7 Å². The summed E-state index contributed by atoms with van der Waals surface area (Å²) in [6.45, 7) is 1.93. The molecule has 0 aliphatic carbocycles. The third kappa shape index (κ3) is 25.0. The number of benzene rings is 9. The fourth-order valence-corrected chi connectivity index (χ4v) is 12.5. The van der Waals surface area contributed by atoms with Gasteiger partial charge in [-0.05, 0) is 169 Å². The number of carbonyl (C=O) groups excluding carboxylic acids is 10. The Morgan fingerprint density at radius 2 is 0.833 bits per heavy atom. The zero-order valence-electron chi connectivity index (χ0n) is 56.5. The van der Waals surface area contributed by atoms with Crippen LogP contribution in [0.3, 0.4) is 0 Å². The Hall–Kier alpha value is -11.2. The van der Waals surface area contributed by atoms with Gasteiger partial charge in [-0.2, -0.15) is 9.59 Å². The van der Waals surface area contributed by atoms with Crippen molar-refractivity contribution in [2.45, 2.75) is 13.3 Å². The van der Waals surface area contributed by atoms with Crippen molar-refractivity contribution >= 4 is 205 Å². The fraction of sp³-hybridized carbons (Fsp3) is 0.0685. The number of nitro groups is 2. The molecule has 552 valence electrons. The van der Waals surface area contributed by atoms with Crippen molar-refractivity contribution in [3.05, 3.63) is 299 Å². The number of ether oxygens (including phenoxy) is 3. The van der Waals surface area contributed by atoms with Gasteiger partial charge in [0.2, 0.25) is 0 Å². The van der Waals surface area contributed by atoms with Gasteiger partial charge in [-0.1, -0.05) is 100 Å². The Labute approximate surface area is 663 Å². The van der Waals surface area contributed by atoms with Crippen molar-refractivity contribution in [3.63, 3.8) is 0 Å². The number of aryl methyl sites for hydroxylation is 1. The molecule has 0 atom stereocenters. The van der Waals surface area contributed by atoms with Crippen LogP contribution in [0.1, 0.15) is 104 Å². The van der Waals surface area contributed by atoms with Crippen molar-refractivity contribution in [2.24, 2.45) is 0 Å². The third-order valence-corrected chi connectivity index (χ3v) is 18.6. The number of anilines is 4. The molecule has 0 saturated heterocycles. The first-order valence-electron chi connectivity index (χ1n) is 29.8. The van der Waals surface area contributed by atoms with Gasteiger partial charge in [0.25, 0.3) is 34.3 Å². The maximum atomic E-state index is 13.0. The number of nitro benzene ring substituents is 2. The Balaban J connectivity index is 0.000000356. The number of fused-ring (bicyclic) bond motifs is 2. The second-order valence-electron chi connectivity index (χ2n) is 21.0. The minimum absolute atomic E-state index is 0. The summed E-state index contributed by atoms with van der Waals surface area (Å²) < 4.78 is 15.4. The van der Waals surface area contributed by atoms with Gasteiger partial charge in [0.15, 0.2) is 5.78 Å². The second kappa shape index (κ2) is 42.8. The second-order valence-corrected chi connectivity index (χ2v) is 25.5. The molecule has 11 aromatic rings. The number of Topliss-reactive ketones (excluding diaryl/α,β-unsaturated/α-hetero) is 1. The molecule has 3 amide bonds. The number of esters is 3. The molecular weight excluding hydrogens is 1560 g/mol. The van der Waals surface area contributed by atoms with Gasteiger partial charge in [-0.3, -0.25) is 44.2 Å². The van der Waals surface area contributed by atoms with Crippen LogP contribution in [0.2, 0.25) is 25.1 Å². The number of halogens is 6. The molecule has 0 aliphatic rings. The smallest absolute Gasteiger partial charge is 0.870 e. The first-order chi connectivity index (χ1) is 50.4. The zero-order chi connectivity index (χ0) is 78.1. The van der Waals surface area contributed by atoms with Crippen LogP contribution < -0.4 is 40.5 Å².